The Morgan fingerprint density at radius 1 is 0.419 bits per heavy atom. The van der Waals surface area contributed by atoms with Gasteiger partial charge >= 0.3 is 0 Å². The van der Waals surface area contributed by atoms with E-state index in [0.29, 0.717) is 0 Å². The molecule has 0 aliphatic heterocycles. The minimum absolute atomic E-state index is 1.04. The molecular formula is C30H48Si. The zero-order valence-corrected chi connectivity index (χ0v) is 21.5. The van der Waals surface area contributed by atoms with E-state index in [1.165, 1.54) is 109 Å². The van der Waals surface area contributed by atoms with Gasteiger partial charge in [-0.15, -0.1) is 0 Å². The molecule has 0 atom stereocenters. The van der Waals surface area contributed by atoms with Gasteiger partial charge in [-0.2, -0.15) is 0 Å². The molecule has 31 heavy (non-hydrogen) atoms. The van der Waals surface area contributed by atoms with Crippen molar-refractivity contribution in [3.63, 3.8) is 0 Å². The molecule has 172 valence electrons. The maximum atomic E-state index is 2.36. The molecule has 0 fully saturated rings. The average molecular weight is 437 g/mol. The highest BCUT2D eigenvalue weighted by Crippen LogP contribution is 2.14. The van der Waals surface area contributed by atoms with Crippen LogP contribution in [0.5, 0.6) is 0 Å². The van der Waals surface area contributed by atoms with Gasteiger partial charge in [-0.3, -0.25) is 0 Å². The van der Waals surface area contributed by atoms with Crippen LogP contribution in [0.4, 0.5) is 0 Å². The molecule has 0 saturated carbocycles. The van der Waals surface area contributed by atoms with Crippen LogP contribution in [0.2, 0.25) is 6.04 Å². The number of unbranched alkanes of at least 4 members (excludes halogenated alkanes) is 15. The van der Waals surface area contributed by atoms with Gasteiger partial charge in [-0.05, 0) is 0 Å². The second kappa shape index (κ2) is 18.2. The van der Waals surface area contributed by atoms with Gasteiger partial charge < -0.3 is 0 Å². The summed E-state index contributed by atoms with van der Waals surface area (Å²) in [4.78, 5) is 0. The Morgan fingerprint density at radius 3 is 1.10 bits per heavy atom. The number of hydrogen-bond acceptors (Lipinski definition) is 0. The minimum atomic E-state index is -1.04. The van der Waals surface area contributed by atoms with E-state index < -0.39 is 8.80 Å². The Bertz CT molecular complexity index is 582. The van der Waals surface area contributed by atoms with Crippen molar-refractivity contribution in [2.75, 3.05) is 0 Å². The summed E-state index contributed by atoms with van der Waals surface area (Å²) in [6, 6.07) is 24.0. The Balaban J connectivity index is 1.46. The highest BCUT2D eigenvalue weighted by Gasteiger charge is 2.15. The first-order valence-electron chi connectivity index (χ1n) is 13.5. The molecule has 0 aromatic heterocycles. The van der Waals surface area contributed by atoms with Gasteiger partial charge in [-0.25, -0.2) is 0 Å². The van der Waals surface area contributed by atoms with Crippen LogP contribution in [0.25, 0.3) is 0 Å². The first kappa shape index (κ1) is 25.9. The summed E-state index contributed by atoms with van der Waals surface area (Å²) >= 11 is 0. The van der Waals surface area contributed by atoms with E-state index in [2.05, 4.69) is 67.6 Å². The lowest BCUT2D eigenvalue weighted by atomic mass is 10.0. The van der Waals surface area contributed by atoms with Crippen LogP contribution in [0.1, 0.15) is 110 Å². The van der Waals surface area contributed by atoms with Crippen LogP contribution >= 0.6 is 0 Å². The van der Waals surface area contributed by atoms with E-state index in [9.17, 15) is 0 Å². The number of hydrogen-bond donors (Lipinski definition) is 0. The third kappa shape index (κ3) is 12.3. The summed E-state index contributed by atoms with van der Waals surface area (Å²) < 4.78 is 0. The van der Waals surface area contributed by atoms with E-state index in [0.717, 1.165) is 0 Å². The van der Waals surface area contributed by atoms with Gasteiger partial charge in [0.25, 0.3) is 0 Å². The van der Waals surface area contributed by atoms with E-state index in [1.54, 1.807) is 10.4 Å². The Hall–Kier alpha value is -1.34. The maximum absolute atomic E-state index is 2.36. The minimum Gasteiger partial charge on any atom is -0.0654 e. The monoisotopic (exact) mass is 436 g/mol. The summed E-state index contributed by atoms with van der Waals surface area (Å²) in [5.74, 6) is 0. The summed E-state index contributed by atoms with van der Waals surface area (Å²) in [7, 11) is -1.04. The molecular weight excluding hydrogens is 388 g/mol. The molecule has 1 heteroatoms. The van der Waals surface area contributed by atoms with Crippen molar-refractivity contribution in [3.8, 4) is 0 Å². The molecule has 0 saturated heterocycles. The van der Waals surface area contributed by atoms with E-state index in [-0.39, 0.29) is 0 Å². The van der Waals surface area contributed by atoms with Crippen molar-refractivity contribution in [1.82, 2.24) is 0 Å². The second-order valence-corrected chi connectivity index (χ2v) is 12.5. The fraction of sp³-hybridized carbons (Fsp3) is 0.600. The van der Waals surface area contributed by atoms with Gasteiger partial charge in [0.15, 0.2) is 0 Å². The highest BCUT2D eigenvalue weighted by atomic mass is 28.3. The predicted molar refractivity (Wildman–Crippen MR) is 144 cm³/mol. The zero-order chi connectivity index (χ0) is 21.8. The van der Waals surface area contributed by atoms with Gasteiger partial charge in [0, 0.05) is 0 Å². The van der Waals surface area contributed by atoms with Gasteiger partial charge in [0.2, 0.25) is 0 Å². The summed E-state index contributed by atoms with van der Waals surface area (Å²) in [6.45, 7) is 2.30. The summed E-state index contributed by atoms with van der Waals surface area (Å²) in [6.07, 6.45) is 23.2. The predicted octanol–water partition coefficient (Wildman–Crippen LogP) is 8.29. The standard InChI is InChI=1S/C30H48Si/c1-2-3-4-5-6-7-8-9-10-11-12-13-14-15-16-23-28-31(29-24-19-17-20-25-29)30-26-21-18-22-27-30/h17-22,24-27,31H,2-16,23,28H2,1H3. The Morgan fingerprint density at radius 2 is 0.742 bits per heavy atom. The first-order chi connectivity index (χ1) is 15.4. The largest absolute Gasteiger partial charge is 0.103 e. The molecule has 0 aliphatic carbocycles. The van der Waals surface area contributed by atoms with Crippen LogP contribution in [0.15, 0.2) is 60.7 Å². The molecule has 2 rings (SSSR count). The smallest absolute Gasteiger partial charge is 0.0654 e. The fourth-order valence-electron chi connectivity index (χ4n) is 4.79. The van der Waals surface area contributed by atoms with Crippen LogP contribution < -0.4 is 10.4 Å². The van der Waals surface area contributed by atoms with E-state index in [1.807, 2.05) is 0 Å². The van der Waals surface area contributed by atoms with Crippen molar-refractivity contribution in [2.24, 2.45) is 0 Å². The van der Waals surface area contributed by atoms with Crippen LogP contribution in [0.3, 0.4) is 0 Å². The number of rotatable bonds is 19. The summed E-state index contributed by atoms with van der Waals surface area (Å²) in [5, 5.41) is 3.21. The normalized spacial score (nSPS) is 11.3. The molecule has 0 N–H and O–H groups in total. The molecule has 0 amide bonds. The van der Waals surface area contributed by atoms with Crippen molar-refractivity contribution in [2.45, 2.75) is 116 Å². The fourth-order valence-corrected chi connectivity index (χ4v) is 7.92. The van der Waals surface area contributed by atoms with Crippen LogP contribution in [-0.4, -0.2) is 8.80 Å². The van der Waals surface area contributed by atoms with Crippen molar-refractivity contribution in [3.05, 3.63) is 60.7 Å². The van der Waals surface area contributed by atoms with E-state index in [4.69, 9.17) is 0 Å². The molecule has 0 nitrogen and oxygen atoms in total. The highest BCUT2D eigenvalue weighted by molar-refractivity contribution is 6.85. The Labute approximate surface area is 195 Å². The second-order valence-electron chi connectivity index (χ2n) is 9.47. The van der Waals surface area contributed by atoms with E-state index >= 15 is 0 Å². The lowest BCUT2D eigenvalue weighted by Gasteiger charge is -2.16. The van der Waals surface area contributed by atoms with Crippen molar-refractivity contribution in [1.29, 1.82) is 0 Å². The lowest BCUT2D eigenvalue weighted by Crippen LogP contribution is -2.41. The Kier molecular flexibility index (Phi) is 15.3. The molecule has 0 radical (unpaired) electrons. The average Bonchev–Trinajstić information content (AvgIpc) is 2.82. The third-order valence-electron chi connectivity index (χ3n) is 6.75. The van der Waals surface area contributed by atoms with Gasteiger partial charge in [0.05, 0.1) is 0 Å². The molecule has 2 aromatic carbocycles. The molecule has 0 spiro atoms. The molecule has 2 aromatic rings. The molecule has 0 heterocycles. The lowest BCUT2D eigenvalue weighted by molar-refractivity contribution is 0.531. The summed E-state index contributed by atoms with van der Waals surface area (Å²) in [5.41, 5.74) is 0. The van der Waals surface area contributed by atoms with Crippen molar-refractivity contribution >= 4 is 19.2 Å². The van der Waals surface area contributed by atoms with Gasteiger partial charge in [-0.1, -0.05) is 187 Å². The van der Waals surface area contributed by atoms with Crippen LogP contribution in [-0.2, 0) is 0 Å². The third-order valence-corrected chi connectivity index (χ3v) is 10.1. The molecule has 0 aliphatic rings. The van der Waals surface area contributed by atoms with Crippen molar-refractivity contribution < 1.29 is 0 Å². The zero-order valence-electron chi connectivity index (χ0n) is 20.4. The molecule has 0 unspecified atom stereocenters. The first-order valence-corrected chi connectivity index (χ1v) is 15.5. The topological polar surface area (TPSA) is 0 Å². The molecule has 0 bridgehead atoms. The van der Waals surface area contributed by atoms with Gasteiger partial charge in [0.1, 0.15) is 8.80 Å². The number of benzene rings is 2. The maximum Gasteiger partial charge on any atom is 0.103 e. The quantitative estimate of drug-likeness (QED) is 0.153. The SMILES string of the molecule is CCCCCCCCCCCCCCCCCC[SiH](c1ccccc1)c1ccccc1. The van der Waals surface area contributed by atoms with Crippen LogP contribution in [0, 0.1) is 0 Å².